The molecule has 278 valence electrons. The molecule has 0 radical (unpaired) electrons. The summed E-state index contributed by atoms with van der Waals surface area (Å²) in [5, 5.41) is 18.9. The standard InChI is InChI=1S/C44H51N3O4S2/c1-43(2,3)51-42(50)46-36(31-53-44(33-18-9-6-10-19-33,34-20-11-7-12-21-34)35-22-13-8-14-23-35)29-45-39-26-16-24-37-32(17-15-25-38(37)39)30-47(4)40(41(48)49)27-28-52-5/h6-26,36,40,45H,27-31H2,1-5H3,(H,46,50)(H,48,49)/t36-,40+/m1/s1. The fraction of sp³-hybridized carbons (Fsp3) is 0.318. The predicted octanol–water partition coefficient (Wildman–Crippen LogP) is 9.51. The van der Waals surface area contributed by atoms with Crippen molar-refractivity contribution in [2.24, 2.45) is 0 Å². The van der Waals surface area contributed by atoms with E-state index in [9.17, 15) is 14.7 Å². The Morgan fingerprint density at radius 2 is 1.32 bits per heavy atom. The second kappa shape index (κ2) is 18.5. The molecular formula is C44H51N3O4S2. The summed E-state index contributed by atoms with van der Waals surface area (Å²) in [6.45, 7) is 6.55. The van der Waals surface area contributed by atoms with E-state index < -0.39 is 28.5 Å². The number of amides is 1. The number of alkyl carbamates (subject to hydrolysis) is 1. The molecule has 7 nitrogen and oxygen atoms in total. The first kappa shape index (κ1) is 39.8. The van der Waals surface area contributed by atoms with Gasteiger partial charge in [-0.1, -0.05) is 121 Å². The second-order valence-electron chi connectivity index (χ2n) is 14.2. The number of nitrogens with zero attached hydrogens (tertiary/aromatic N) is 1. The van der Waals surface area contributed by atoms with Gasteiger partial charge in [0.05, 0.1) is 10.8 Å². The van der Waals surface area contributed by atoms with Crippen LogP contribution in [0.4, 0.5) is 10.5 Å². The smallest absolute Gasteiger partial charge is 0.407 e. The number of nitrogens with one attached hydrogen (secondary N) is 2. The molecule has 0 unspecified atom stereocenters. The van der Waals surface area contributed by atoms with Crippen molar-refractivity contribution in [3.05, 3.63) is 150 Å². The van der Waals surface area contributed by atoms with E-state index in [-0.39, 0.29) is 6.04 Å². The molecule has 0 heterocycles. The topological polar surface area (TPSA) is 90.9 Å². The third-order valence-electron chi connectivity index (χ3n) is 9.15. The van der Waals surface area contributed by atoms with E-state index in [1.165, 1.54) is 0 Å². The van der Waals surface area contributed by atoms with Gasteiger partial charge < -0.3 is 20.5 Å². The van der Waals surface area contributed by atoms with Gasteiger partial charge in [0.1, 0.15) is 11.6 Å². The summed E-state index contributed by atoms with van der Waals surface area (Å²) < 4.78 is 5.20. The molecule has 3 N–H and O–H groups in total. The van der Waals surface area contributed by atoms with Crippen molar-refractivity contribution in [2.75, 3.05) is 36.7 Å². The summed E-state index contributed by atoms with van der Waals surface area (Å²) in [5.41, 5.74) is 4.79. The maximum Gasteiger partial charge on any atom is 0.407 e. The lowest BCUT2D eigenvalue weighted by molar-refractivity contribution is -0.143. The van der Waals surface area contributed by atoms with E-state index in [1.807, 2.05) is 75.4 Å². The van der Waals surface area contributed by atoms with Crippen LogP contribution in [0.2, 0.25) is 0 Å². The van der Waals surface area contributed by atoms with Crippen molar-refractivity contribution in [1.29, 1.82) is 0 Å². The Labute approximate surface area is 322 Å². The van der Waals surface area contributed by atoms with Gasteiger partial charge >= 0.3 is 12.1 Å². The van der Waals surface area contributed by atoms with Crippen LogP contribution >= 0.6 is 23.5 Å². The molecule has 53 heavy (non-hydrogen) atoms. The number of carboxylic acid groups (broad SMARTS) is 1. The monoisotopic (exact) mass is 749 g/mol. The summed E-state index contributed by atoms with van der Waals surface area (Å²) in [4.78, 5) is 27.4. The number of carbonyl (C=O) groups excluding carboxylic acids is 1. The molecule has 0 aliphatic carbocycles. The van der Waals surface area contributed by atoms with Crippen LogP contribution in [0.15, 0.2) is 127 Å². The lowest BCUT2D eigenvalue weighted by Crippen LogP contribution is -2.45. The van der Waals surface area contributed by atoms with Gasteiger partial charge in [0.25, 0.3) is 0 Å². The first-order valence-corrected chi connectivity index (χ1v) is 20.4. The zero-order chi connectivity index (χ0) is 37.8. The molecule has 0 bridgehead atoms. The van der Waals surface area contributed by atoms with Crippen LogP contribution in [0.3, 0.4) is 0 Å². The van der Waals surface area contributed by atoms with E-state index in [0.29, 0.717) is 25.3 Å². The highest BCUT2D eigenvalue weighted by Crippen LogP contribution is 2.48. The van der Waals surface area contributed by atoms with Crippen molar-refractivity contribution in [1.82, 2.24) is 10.2 Å². The molecule has 0 saturated carbocycles. The number of hydrogen-bond acceptors (Lipinski definition) is 7. The van der Waals surface area contributed by atoms with Gasteiger partial charge in [-0.25, -0.2) is 4.79 Å². The molecule has 0 aliphatic heterocycles. The SMILES string of the molecule is CSCC[C@@H](C(=O)O)N(C)Cc1cccc2c(NC[C@H](CSC(c3ccccc3)(c3ccccc3)c3ccccc3)NC(=O)OC(C)(C)C)cccc12. The van der Waals surface area contributed by atoms with Crippen LogP contribution in [-0.4, -0.2) is 71.1 Å². The van der Waals surface area contributed by atoms with Crippen molar-refractivity contribution in [3.63, 3.8) is 0 Å². The molecule has 1 amide bonds. The molecule has 5 aromatic rings. The van der Waals surface area contributed by atoms with Crippen molar-refractivity contribution in [2.45, 2.75) is 56.2 Å². The van der Waals surface area contributed by atoms with E-state index >= 15 is 0 Å². The molecular weight excluding hydrogens is 699 g/mol. The fourth-order valence-corrected chi connectivity index (χ4v) is 8.68. The van der Waals surface area contributed by atoms with E-state index in [0.717, 1.165) is 44.5 Å². The third kappa shape index (κ3) is 10.4. The van der Waals surface area contributed by atoms with E-state index in [4.69, 9.17) is 4.74 Å². The third-order valence-corrected chi connectivity index (χ3v) is 11.5. The second-order valence-corrected chi connectivity index (χ2v) is 16.4. The number of ether oxygens (including phenoxy) is 1. The van der Waals surface area contributed by atoms with Gasteiger partial charge in [-0.3, -0.25) is 9.69 Å². The lowest BCUT2D eigenvalue weighted by Gasteiger charge is -2.37. The van der Waals surface area contributed by atoms with Crippen LogP contribution < -0.4 is 10.6 Å². The van der Waals surface area contributed by atoms with Crippen LogP contribution in [0, 0.1) is 0 Å². The van der Waals surface area contributed by atoms with Crippen LogP contribution in [0.1, 0.15) is 49.4 Å². The quantitative estimate of drug-likeness (QED) is 0.0811. The number of likely N-dealkylation sites (N-methyl/N-ethyl adjacent to an activating group) is 1. The zero-order valence-electron chi connectivity index (χ0n) is 31.3. The van der Waals surface area contributed by atoms with Crippen LogP contribution in [0.5, 0.6) is 0 Å². The molecule has 0 saturated heterocycles. The van der Waals surface area contributed by atoms with Gasteiger partial charge in [-0.15, -0.1) is 11.8 Å². The average molecular weight is 750 g/mol. The Hall–Kier alpha value is -4.44. The number of fused-ring (bicyclic) bond motifs is 1. The Kier molecular flexibility index (Phi) is 13.9. The number of anilines is 1. The zero-order valence-corrected chi connectivity index (χ0v) is 32.9. The number of hydrogen-bond donors (Lipinski definition) is 3. The Morgan fingerprint density at radius 1 is 0.774 bits per heavy atom. The summed E-state index contributed by atoms with van der Waals surface area (Å²) in [5.74, 6) is 0.546. The number of carboxylic acids is 1. The predicted molar refractivity (Wildman–Crippen MR) is 223 cm³/mol. The van der Waals surface area contributed by atoms with Gasteiger partial charge in [0.15, 0.2) is 0 Å². The Balaban J connectivity index is 1.46. The first-order chi connectivity index (χ1) is 25.5. The molecule has 0 spiro atoms. The minimum atomic E-state index is -0.804. The minimum absolute atomic E-state index is 0.317. The van der Waals surface area contributed by atoms with Crippen molar-refractivity contribution in [3.8, 4) is 0 Å². The van der Waals surface area contributed by atoms with Crippen molar-refractivity contribution < 1.29 is 19.4 Å². The van der Waals surface area contributed by atoms with E-state index in [1.54, 1.807) is 23.5 Å². The van der Waals surface area contributed by atoms with Crippen molar-refractivity contribution >= 4 is 52.0 Å². The van der Waals surface area contributed by atoms with Gasteiger partial charge in [0.2, 0.25) is 0 Å². The first-order valence-electron chi connectivity index (χ1n) is 18.0. The highest BCUT2D eigenvalue weighted by atomic mass is 32.2. The van der Waals surface area contributed by atoms with Crippen LogP contribution in [-0.2, 0) is 20.8 Å². The summed E-state index contributed by atoms with van der Waals surface area (Å²) in [6.07, 6.45) is 2.11. The number of carbonyl (C=O) groups is 2. The lowest BCUT2D eigenvalue weighted by atomic mass is 9.84. The largest absolute Gasteiger partial charge is 0.480 e. The highest BCUT2D eigenvalue weighted by molar-refractivity contribution is 8.00. The molecule has 9 heteroatoms. The molecule has 0 aliphatic rings. The number of benzene rings is 5. The molecule has 0 aromatic heterocycles. The molecule has 0 fully saturated rings. The van der Waals surface area contributed by atoms with Gasteiger partial charge in [-0.2, -0.15) is 11.8 Å². The molecule has 5 aromatic carbocycles. The normalized spacial score (nSPS) is 13.0. The fourth-order valence-electron chi connectivity index (χ4n) is 6.66. The maximum atomic E-state index is 13.3. The van der Waals surface area contributed by atoms with Gasteiger partial charge in [-0.05, 0) is 80.0 Å². The minimum Gasteiger partial charge on any atom is -0.480 e. The van der Waals surface area contributed by atoms with E-state index in [2.05, 4.69) is 102 Å². The Morgan fingerprint density at radius 3 is 1.85 bits per heavy atom. The summed E-state index contributed by atoms with van der Waals surface area (Å²) >= 11 is 3.45. The number of aliphatic carboxylic acids is 1. The van der Waals surface area contributed by atoms with Crippen LogP contribution in [0.25, 0.3) is 10.8 Å². The highest BCUT2D eigenvalue weighted by Gasteiger charge is 2.38. The maximum absolute atomic E-state index is 13.3. The molecule has 2 atom stereocenters. The average Bonchev–Trinajstić information content (AvgIpc) is 3.14. The number of thioether (sulfide) groups is 2. The summed E-state index contributed by atoms with van der Waals surface area (Å²) in [7, 11) is 1.88. The Bertz CT molecular complexity index is 1820. The summed E-state index contributed by atoms with van der Waals surface area (Å²) in [6, 6.07) is 43.1. The van der Waals surface area contributed by atoms with Gasteiger partial charge in [0, 0.05) is 29.9 Å². The molecule has 5 rings (SSSR count). The number of rotatable bonds is 17.